The second-order valence-electron chi connectivity index (χ2n) is 7.94. The van der Waals surface area contributed by atoms with Gasteiger partial charge in [-0.3, -0.25) is 4.79 Å². The molecule has 0 aliphatic heterocycles. The Morgan fingerprint density at radius 3 is 2.62 bits per heavy atom. The first-order valence-electron chi connectivity index (χ1n) is 10.6. The molecule has 2 heterocycles. The Bertz CT molecular complexity index is 1160. The Balaban J connectivity index is 1.50. The molecule has 0 N–H and O–H groups in total. The van der Waals surface area contributed by atoms with Gasteiger partial charge in [-0.2, -0.15) is 5.10 Å². The van der Waals surface area contributed by atoms with E-state index in [1.807, 2.05) is 24.5 Å². The fourth-order valence-corrected chi connectivity index (χ4v) is 4.28. The number of hydrogen-bond acceptors (Lipinski definition) is 5. The van der Waals surface area contributed by atoms with E-state index >= 15 is 0 Å². The van der Waals surface area contributed by atoms with Crippen LogP contribution in [0.3, 0.4) is 0 Å². The van der Waals surface area contributed by atoms with Crippen LogP contribution in [-0.2, 0) is 28.9 Å². The molecule has 2 aromatic heterocycles. The van der Waals surface area contributed by atoms with Crippen molar-refractivity contribution in [3.05, 3.63) is 70.1 Å². The van der Waals surface area contributed by atoms with Crippen LogP contribution in [0, 0.1) is 19.7 Å². The SMILES string of the molecule is COCCn1c(C)cc(C(=O)COC(=O)c2nn(-c3ccc(F)cc3)c3c2CCC3)c1C. The van der Waals surface area contributed by atoms with E-state index < -0.39 is 5.97 Å². The van der Waals surface area contributed by atoms with Gasteiger partial charge >= 0.3 is 5.97 Å². The van der Waals surface area contributed by atoms with E-state index in [9.17, 15) is 14.0 Å². The molecule has 0 radical (unpaired) electrons. The zero-order chi connectivity index (χ0) is 22.8. The molecule has 0 saturated carbocycles. The molecule has 0 fully saturated rings. The largest absolute Gasteiger partial charge is 0.453 e. The van der Waals surface area contributed by atoms with Crippen LogP contribution in [0.5, 0.6) is 0 Å². The number of Topliss-reactive ketones (excluding diaryl/α,β-unsaturated/α-hetero) is 1. The van der Waals surface area contributed by atoms with E-state index in [1.165, 1.54) is 12.1 Å². The van der Waals surface area contributed by atoms with Gasteiger partial charge in [0, 0.05) is 41.9 Å². The summed E-state index contributed by atoms with van der Waals surface area (Å²) < 4.78 is 27.5. The number of esters is 1. The van der Waals surface area contributed by atoms with Crippen LogP contribution < -0.4 is 0 Å². The molecular weight excluding hydrogens is 413 g/mol. The molecule has 0 amide bonds. The number of ether oxygens (including phenoxy) is 2. The van der Waals surface area contributed by atoms with Gasteiger partial charge in [-0.1, -0.05) is 0 Å². The van der Waals surface area contributed by atoms with Crippen LogP contribution >= 0.6 is 0 Å². The zero-order valence-electron chi connectivity index (χ0n) is 18.5. The lowest BCUT2D eigenvalue weighted by Gasteiger charge is -2.09. The summed E-state index contributed by atoms with van der Waals surface area (Å²) in [6, 6.07) is 7.77. The maximum absolute atomic E-state index is 13.3. The van der Waals surface area contributed by atoms with Crippen molar-refractivity contribution >= 4 is 11.8 Å². The Morgan fingerprint density at radius 2 is 1.91 bits per heavy atom. The van der Waals surface area contributed by atoms with Crippen LogP contribution in [0.1, 0.15) is 49.9 Å². The monoisotopic (exact) mass is 439 g/mol. The topological polar surface area (TPSA) is 75.3 Å². The molecule has 3 aromatic rings. The van der Waals surface area contributed by atoms with Crippen LogP contribution in [-0.4, -0.2) is 46.4 Å². The number of hydrogen-bond donors (Lipinski definition) is 0. The zero-order valence-corrected chi connectivity index (χ0v) is 18.5. The highest BCUT2D eigenvalue weighted by Gasteiger charge is 2.28. The van der Waals surface area contributed by atoms with Crippen molar-refractivity contribution in [2.75, 3.05) is 20.3 Å². The van der Waals surface area contributed by atoms with Crippen molar-refractivity contribution in [3.8, 4) is 5.69 Å². The van der Waals surface area contributed by atoms with Crippen molar-refractivity contribution in [2.45, 2.75) is 39.7 Å². The summed E-state index contributed by atoms with van der Waals surface area (Å²) >= 11 is 0. The third kappa shape index (κ3) is 4.10. The summed E-state index contributed by atoms with van der Waals surface area (Å²) in [4.78, 5) is 25.6. The first-order chi connectivity index (χ1) is 15.4. The van der Waals surface area contributed by atoms with Gasteiger partial charge < -0.3 is 14.0 Å². The number of aromatic nitrogens is 3. The van der Waals surface area contributed by atoms with Crippen molar-refractivity contribution in [2.24, 2.45) is 0 Å². The smallest absolute Gasteiger partial charge is 0.359 e. The Labute approximate surface area is 185 Å². The van der Waals surface area contributed by atoms with Crippen molar-refractivity contribution in [3.63, 3.8) is 0 Å². The number of nitrogens with zero attached hydrogens (tertiary/aromatic N) is 3. The van der Waals surface area contributed by atoms with Gasteiger partial charge in [0.2, 0.25) is 5.78 Å². The average Bonchev–Trinajstić information content (AvgIpc) is 3.46. The molecule has 0 saturated heterocycles. The summed E-state index contributed by atoms with van der Waals surface area (Å²) in [5.74, 6) is -1.22. The summed E-state index contributed by atoms with van der Waals surface area (Å²) in [7, 11) is 1.63. The van der Waals surface area contributed by atoms with E-state index in [0.717, 1.165) is 41.9 Å². The fourth-order valence-electron chi connectivity index (χ4n) is 4.28. The van der Waals surface area contributed by atoms with E-state index in [0.29, 0.717) is 24.4 Å². The Kier molecular flexibility index (Phi) is 6.23. The number of aryl methyl sites for hydroxylation is 1. The molecule has 0 spiro atoms. The highest BCUT2D eigenvalue weighted by atomic mass is 19.1. The number of methoxy groups -OCH3 is 1. The number of ketones is 1. The number of carbonyl (C=O) groups excluding carboxylic acids is 2. The fraction of sp³-hybridized carbons (Fsp3) is 0.375. The molecule has 4 rings (SSSR count). The molecule has 168 valence electrons. The van der Waals surface area contributed by atoms with Gasteiger partial charge in [-0.25, -0.2) is 13.9 Å². The van der Waals surface area contributed by atoms with Gasteiger partial charge in [-0.05, 0) is 63.4 Å². The molecule has 0 unspecified atom stereocenters. The quantitative estimate of drug-likeness (QED) is 0.396. The normalized spacial score (nSPS) is 12.8. The number of benzene rings is 1. The number of carbonyl (C=O) groups is 2. The van der Waals surface area contributed by atoms with Gasteiger partial charge in [0.25, 0.3) is 0 Å². The van der Waals surface area contributed by atoms with Crippen LogP contribution in [0.2, 0.25) is 0 Å². The minimum Gasteiger partial charge on any atom is -0.453 e. The van der Waals surface area contributed by atoms with Crippen LogP contribution in [0.15, 0.2) is 30.3 Å². The molecule has 0 atom stereocenters. The first-order valence-corrected chi connectivity index (χ1v) is 10.6. The van der Waals surface area contributed by atoms with Gasteiger partial charge in [-0.15, -0.1) is 0 Å². The second kappa shape index (κ2) is 9.08. The predicted molar refractivity (Wildman–Crippen MR) is 116 cm³/mol. The first kappa shape index (κ1) is 22.0. The van der Waals surface area contributed by atoms with E-state index in [1.54, 1.807) is 23.9 Å². The summed E-state index contributed by atoms with van der Waals surface area (Å²) in [5, 5.41) is 4.44. The maximum atomic E-state index is 13.3. The third-order valence-electron chi connectivity index (χ3n) is 5.92. The average molecular weight is 439 g/mol. The van der Waals surface area contributed by atoms with Crippen LogP contribution in [0.4, 0.5) is 4.39 Å². The van der Waals surface area contributed by atoms with Crippen molar-refractivity contribution < 1.29 is 23.5 Å². The minimum absolute atomic E-state index is 0.222. The Morgan fingerprint density at radius 1 is 1.16 bits per heavy atom. The molecule has 0 bridgehead atoms. The molecule has 7 nitrogen and oxygen atoms in total. The molecular formula is C24H26FN3O4. The number of halogens is 1. The highest BCUT2D eigenvalue weighted by Crippen LogP contribution is 2.28. The number of fused-ring (bicyclic) bond motifs is 1. The molecule has 32 heavy (non-hydrogen) atoms. The standard InChI is InChI=1S/C24H26FN3O4/c1-15-13-20(16(2)27(15)11-12-31-3)22(29)14-32-24(30)23-19-5-4-6-21(19)28(26-23)18-9-7-17(25)8-10-18/h7-10,13H,4-6,11-12,14H2,1-3H3. The van der Waals surface area contributed by atoms with Gasteiger partial charge in [0.15, 0.2) is 12.3 Å². The second-order valence-corrected chi connectivity index (χ2v) is 7.94. The lowest BCUT2D eigenvalue weighted by molar-refractivity contribution is 0.0467. The van der Waals surface area contributed by atoms with Crippen molar-refractivity contribution in [1.29, 1.82) is 0 Å². The lowest BCUT2D eigenvalue weighted by atomic mass is 10.1. The summed E-state index contributed by atoms with van der Waals surface area (Å²) in [6.45, 7) is 4.63. The van der Waals surface area contributed by atoms with E-state index in [2.05, 4.69) is 5.10 Å². The molecule has 1 aliphatic rings. The van der Waals surface area contributed by atoms with E-state index in [-0.39, 0.29) is 23.9 Å². The third-order valence-corrected chi connectivity index (χ3v) is 5.92. The van der Waals surface area contributed by atoms with Crippen molar-refractivity contribution in [1.82, 2.24) is 14.3 Å². The number of rotatable bonds is 8. The lowest BCUT2D eigenvalue weighted by Crippen LogP contribution is -2.17. The Hall–Kier alpha value is -3.26. The molecule has 1 aromatic carbocycles. The molecule has 1 aliphatic carbocycles. The minimum atomic E-state index is -0.620. The molecule has 8 heteroatoms. The van der Waals surface area contributed by atoms with Gasteiger partial charge in [0.1, 0.15) is 5.82 Å². The predicted octanol–water partition coefficient (Wildman–Crippen LogP) is 3.60. The highest BCUT2D eigenvalue weighted by molar-refractivity contribution is 6.00. The van der Waals surface area contributed by atoms with Gasteiger partial charge in [0.05, 0.1) is 12.3 Å². The van der Waals surface area contributed by atoms with E-state index in [4.69, 9.17) is 9.47 Å². The summed E-state index contributed by atoms with van der Waals surface area (Å²) in [5.41, 5.74) is 4.98. The van der Waals surface area contributed by atoms with Crippen LogP contribution in [0.25, 0.3) is 5.69 Å². The summed E-state index contributed by atoms with van der Waals surface area (Å²) in [6.07, 6.45) is 2.40. The maximum Gasteiger partial charge on any atom is 0.359 e.